The van der Waals surface area contributed by atoms with E-state index in [1.807, 2.05) is 38.1 Å². The average molecular weight is 286 g/mol. The smallest absolute Gasteiger partial charge is 0.244 e. The zero-order valence-electron chi connectivity index (χ0n) is 12.0. The van der Waals surface area contributed by atoms with Crippen LogP contribution >= 0.6 is 0 Å². The van der Waals surface area contributed by atoms with Gasteiger partial charge in [-0.2, -0.15) is 5.10 Å². The van der Waals surface area contributed by atoms with Crippen LogP contribution < -0.4 is 10.1 Å². The molecule has 0 bridgehead atoms. The predicted molar refractivity (Wildman–Crippen MR) is 79.6 cm³/mol. The minimum absolute atomic E-state index is 0.204. The number of carbonyl (C=O) groups excluding carboxylic acids is 1. The lowest BCUT2D eigenvalue weighted by molar-refractivity contribution is -0.117. The van der Waals surface area contributed by atoms with Crippen LogP contribution in [0.15, 0.2) is 36.7 Å². The minimum atomic E-state index is -0.230. The number of rotatable bonds is 6. The Hall–Kier alpha value is -2.63. The first kappa shape index (κ1) is 14.8. The number of aromatic amines is 1. The number of hydrogen-bond acceptors (Lipinski definition) is 4. The van der Waals surface area contributed by atoms with E-state index in [2.05, 4.69) is 20.5 Å². The van der Waals surface area contributed by atoms with Crippen molar-refractivity contribution in [2.24, 2.45) is 0 Å². The third kappa shape index (κ3) is 4.17. The number of amides is 1. The summed E-state index contributed by atoms with van der Waals surface area (Å²) in [7, 11) is 0. The van der Waals surface area contributed by atoms with Crippen molar-refractivity contribution in [3.05, 3.63) is 48.1 Å². The minimum Gasteiger partial charge on any atom is -0.493 e. The Morgan fingerprint density at radius 2 is 2.29 bits per heavy atom. The van der Waals surface area contributed by atoms with Crippen molar-refractivity contribution in [1.82, 2.24) is 20.5 Å². The molecular weight excluding hydrogens is 268 g/mol. The van der Waals surface area contributed by atoms with Gasteiger partial charge < -0.3 is 10.1 Å². The Morgan fingerprint density at radius 1 is 1.48 bits per heavy atom. The summed E-state index contributed by atoms with van der Waals surface area (Å²) in [5, 5.41) is 9.28. The van der Waals surface area contributed by atoms with Crippen LogP contribution in [0.3, 0.4) is 0 Å². The molecule has 2 rings (SSSR count). The first-order chi connectivity index (χ1) is 10.2. The number of para-hydroxylation sites is 1. The third-order valence-corrected chi connectivity index (χ3v) is 2.84. The monoisotopic (exact) mass is 286 g/mol. The molecule has 21 heavy (non-hydrogen) atoms. The first-order valence-corrected chi connectivity index (χ1v) is 6.76. The second-order valence-electron chi connectivity index (χ2n) is 4.41. The van der Waals surface area contributed by atoms with Crippen molar-refractivity contribution in [3.8, 4) is 5.75 Å². The lowest BCUT2D eigenvalue weighted by Gasteiger charge is -2.09. The summed E-state index contributed by atoms with van der Waals surface area (Å²) >= 11 is 0. The van der Waals surface area contributed by atoms with E-state index in [4.69, 9.17) is 4.74 Å². The van der Waals surface area contributed by atoms with Crippen molar-refractivity contribution in [1.29, 1.82) is 0 Å². The van der Waals surface area contributed by atoms with Crippen LogP contribution in [-0.4, -0.2) is 27.7 Å². The number of carbonyl (C=O) groups is 1. The molecule has 0 fully saturated rings. The summed E-state index contributed by atoms with van der Waals surface area (Å²) < 4.78 is 5.50. The fourth-order valence-corrected chi connectivity index (χ4v) is 1.82. The number of hydrogen-bond donors (Lipinski definition) is 2. The van der Waals surface area contributed by atoms with Gasteiger partial charge in [0.25, 0.3) is 0 Å². The molecule has 1 aromatic heterocycles. The quantitative estimate of drug-likeness (QED) is 0.797. The predicted octanol–water partition coefficient (Wildman–Crippen LogP) is 2.09. The van der Waals surface area contributed by atoms with Gasteiger partial charge in [-0.15, -0.1) is 0 Å². The van der Waals surface area contributed by atoms with Gasteiger partial charge in [0.15, 0.2) is 0 Å². The molecule has 0 aliphatic heterocycles. The molecule has 6 nitrogen and oxygen atoms in total. The van der Waals surface area contributed by atoms with E-state index in [1.165, 1.54) is 12.4 Å². The van der Waals surface area contributed by atoms with Gasteiger partial charge in [-0.25, -0.2) is 4.98 Å². The van der Waals surface area contributed by atoms with E-state index in [0.717, 1.165) is 11.3 Å². The van der Waals surface area contributed by atoms with Gasteiger partial charge in [-0.05, 0) is 26.0 Å². The standard InChI is InChI=1S/C15H18N4O2/c1-3-21-13-7-5-4-6-12(13)8-9-14(20)18-11(2)15-16-10-17-19-15/h4-11H,3H2,1-2H3,(H,18,20)(H,16,17,19)/b9-8+. The Morgan fingerprint density at radius 3 is 3.00 bits per heavy atom. The van der Waals surface area contributed by atoms with Gasteiger partial charge in [0.05, 0.1) is 12.6 Å². The molecule has 2 aromatic rings. The maximum Gasteiger partial charge on any atom is 0.244 e. The molecule has 1 aromatic carbocycles. The largest absolute Gasteiger partial charge is 0.493 e. The average Bonchev–Trinajstić information content (AvgIpc) is 3.01. The van der Waals surface area contributed by atoms with Crippen LogP contribution in [0.5, 0.6) is 5.75 Å². The molecule has 1 heterocycles. The second-order valence-corrected chi connectivity index (χ2v) is 4.41. The first-order valence-electron chi connectivity index (χ1n) is 6.76. The van der Waals surface area contributed by atoms with Crippen molar-refractivity contribution in [2.45, 2.75) is 19.9 Å². The Bertz CT molecular complexity index is 608. The van der Waals surface area contributed by atoms with Gasteiger partial charge in [0.1, 0.15) is 17.9 Å². The Balaban J connectivity index is 1.99. The lowest BCUT2D eigenvalue weighted by atomic mass is 10.2. The molecule has 6 heteroatoms. The van der Waals surface area contributed by atoms with Crippen molar-refractivity contribution < 1.29 is 9.53 Å². The molecule has 110 valence electrons. The Labute approximate surface area is 123 Å². The van der Waals surface area contributed by atoms with E-state index in [1.54, 1.807) is 6.08 Å². The second kappa shape index (κ2) is 7.23. The van der Waals surface area contributed by atoms with E-state index < -0.39 is 0 Å². The lowest BCUT2D eigenvalue weighted by Crippen LogP contribution is -2.25. The topological polar surface area (TPSA) is 79.9 Å². The fourth-order valence-electron chi connectivity index (χ4n) is 1.82. The number of nitrogens with one attached hydrogen (secondary N) is 2. The van der Waals surface area contributed by atoms with Crippen LogP contribution in [-0.2, 0) is 4.79 Å². The Kier molecular flexibility index (Phi) is 5.09. The third-order valence-electron chi connectivity index (χ3n) is 2.84. The molecule has 0 aliphatic carbocycles. The highest BCUT2D eigenvalue weighted by Gasteiger charge is 2.09. The molecule has 2 N–H and O–H groups in total. The van der Waals surface area contributed by atoms with E-state index in [-0.39, 0.29) is 11.9 Å². The van der Waals surface area contributed by atoms with E-state index >= 15 is 0 Å². The summed E-state index contributed by atoms with van der Waals surface area (Å²) in [4.78, 5) is 15.9. The summed E-state index contributed by atoms with van der Waals surface area (Å²) in [6.45, 7) is 4.34. The van der Waals surface area contributed by atoms with Gasteiger partial charge in [-0.1, -0.05) is 18.2 Å². The van der Waals surface area contributed by atoms with Gasteiger partial charge in [0.2, 0.25) is 5.91 Å². The summed E-state index contributed by atoms with van der Waals surface area (Å²) in [6, 6.07) is 7.34. The summed E-state index contributed by atoms with van der Waals surface area (Å²) in [6.07, 6.45) is 4.62. The number of ether oxygens (including phenoxy) is 1. The summed E-state index contributed by atoms with van der Waals surface area (Å²) in [5.41, 5.74) is 0.863. The van der Waals surface area contributed by atoms with E-state index in [0.29, 0.717) is 12.4 Å². The molecule has 0 aliphatic rings. The molecule has 0 saturated heterocycles. The van der Waals surface area contributed by atoms with Crippen LogP contribution in [0.4, 0.5) is 0 Å². The van der Waals surface area contributed by atoms with Crippen LogP contribution in [0.2, 0.25) is 0 Å². The normalized spacial score (nSPS) is 12.3. The number of benzene rings is 1. The number of H-pyrrole nitrogens is 1. The SMILES string of the molecule is CCOc1ccccc1/C=C/C(=O)NC(C)c1ncn[nH]1. The highest BCUT2D eigenvalue weighted by atomic mass is 16.5. The maximum absolute atomic E-state index is 11.9. The molecule has 1 atom stereocenters. The van der Waals surface area contributed by atoms with E-state index in [9.17, 15) is 4.79 Å². The van der Waals surface area contributed by atoms with Gasteiger partial charge in [0, 0.05) is 11.6 Å². The molecule has 0 saturated carbocycles. The van der Waals surface area contributed by atoms with Crippen molar-refractivity contribution in [3.63, 3.8) is 0 Å². The molecular formula is C15H18N4O2. The maximum atomic E-state index is 11.9. The van der Waals surface area contributed by atoms with Crippen molar-refractivity contribution >= 4 is 12.0 Å². The van der Waals surface area contributed by atoms with Crippen LogP contribution in [0, 0.1) is 0 Å². The zero-order chi connectivity index (χ0) is 15.1. The van der Waals surface area contributed by atoms with Crippen LogP contribution in [0.1, 0.15) is 31.3 Å². The number of aromatic nitrogens is 3. The molecule has 1 unspecified atom stereocenters. The highest BCUT2D eigenvalue weighted by molar-refractivity contribution is 5.92. The van der Waals surface area contributed by atoms with Crippen LogP contribution in [0.25, 0.3) is 6.08 Å². The van der Waals surface area contributed by atoms with Gasteiger partial charge in [-0.3, -0.25) is 9.89 Å². The fraction of sp³-hybridized carbons (Fsp3) is 0.267. The zero-order valence-corrected chi connectivity index (χ0v) is 12.0. The molecule has 0 radical (unpaired) electrons. The molecule has 0 spiro atoms. The van der Waals surface area contributed by atoms with Crippen molar-refractivity contribution in [2.75, 3.05) is 6.61 Å². The summed E-state index contributed by atoms with van der Waals surface area (Å²) in [5.74, 6) is 1.17. The highest BCUT2D eigenvalue weighted by Crippen LogP contribution is 2.19. The molecule has 1 amide bonds. The number of nitrogens with zero attached hydrogens (tertiary/aromatic N) is 2. The van der Waals surface area contributed by atoms with Gasteiger partial charge >= 0.3 is 0 Å².